The Kier molecular flexibility index (Phi) is 17.1. The van der Waals surface area contributed by atoms with E-state index in [1.54, 1.807) is 37.3 Å². The van der Waals surface area contributed by atoms with E-state index in [1.165, 1.54) is 41.5 Å². The molecule has 4 aliphatic carbocycles. The smallest absolute Gasteiger partial charge is 0.160 e. The number of ether oxygens (including phenoxy) is 2. The lowest BCUT2D eigenvalue weighted by atomic mass is 9.67. The Morgan fingerprint density at radius 2 is 0.723 bits per heavy atom. The molecule has 0 heterocycles. The molecule has 0 saturated carbocycles. The van der Waals surface area contributed by atoms with Crippen LogP contribution in [-0.4, -0.2) is 0 Å². The first kappa shape index (κ1) is 71.1. The maximum atomic E-state index is 16.3. The van der Waals surface area contributed by atoms with Crippen LogP contribution in [0.15, 0.2) is 304 Å². The predicted molar refractivity (Wildman–Crippen MR) is 434 cm³/mol. The largest absolute Gasteiger partial charge is 0.457 e. The first-order valence-corrected chi connectivity index (χ1v) is 37.8. The van der Waals surface area contributed by atoms with Crippen molar-refractivity contribution < 1.29 is 40.2 Å². The van der Waals surface area contributed by atoms with Gasteiger partial charge in [-0.25, -0.2) is 30.7 Å². The van der Waals surface area contributed by atoms with Gasteiger partial charge in [0.05, 0.1) is 10.8 Å². The van der Waals surface area contributed by atoms with E-state index < -0.39 is 51.1 Å². The second-order valence-electron chi connectivity index (χ2n) is 31.7. The molecule has 10 heteroatoms. The molecule has 0 bridgehead atoms. The van der Waals surface area contributed by atoms with E-state index in [2.05, 4.69) is 114 Å². The Bertz CT molecular complexity index is 6160. The van der Waals surface area contributed by atoms with Crippen molar-refractivity contribution in [2.24, 2.45) is 0 Å². The van der Waals surface area contributed by atoms with Crippen molar-refractivity contribution in [2.75, 3.05) is 4.90 Å². The second-order valence-corrected chi connectivity index (χ2v) is 31.7. The molecular formula is C102H76F7NO2. The number of hydrogen-bond acceptors (Lipinski definition) is 3. The van der Waals surface area contributed by atoms with Gasteiger partial charge in [0.1, 0.15) is 28.8 Å². The Morgan fingerprint density at radius 1 is 0.339 bits per heavy atom. The molecule has 0 aromatic heterocycles. The number of anilines is 3. The zero-order chi connectivity index (χ0) is 77.3. The van der Waals surface area contributed by atoms with Gasteiger partial charge in [0.15, 0.2) is 34.9 Å². The van der Waals surface area contributed by atoms with Crippen molar-refractivity contribution in [2.45, 2.75) is 86.9 Å². The molecule has 0 fully saturated rings. The molecule has 0 amide bonds. The van der Waals surface area contributed by atoms with E-state index in [4.69, 9.17) is 9.47 Å². The van der Waals surface area contributed by atoms with E-state index in [0.29, 0.717) is 63.2 Å². The Morgan fingerprint density at radius 3 is 1.22 bits per heavy atom. The molecular weight excluding hydrogens is 1400 g/mol. The molecule has 3 nitrogen and oxygen atoms in total. The molecule has 550 valence electrons. The average molecular weight is 1480 g/mol. The molecule has 0 N–H and O–H groups in total. The molecule has 18 rings (SSSR count). The van der Waals surface area contributed by atoms with Crippen molar-refractivity contribution in [3.05, 3.63) is 445 Å². The highest BCUT2D eigenvalue weighted by Gasteiger charge is 2.57. The summed E-state index contributed by atoms with van der Waals surface area (Å²) in [5, 5.41) is 0. The van der Waals surface area contributed by atoms with Crippen LogP contribution in [0.1, 0.15) is 147 Å². The van der Waals surface area contributed by atoms with Gasteiger partial charge in [-0.1, -0.05) is 223 Å². The molecule has 14 aromatic carbocycles. The van der Waals surface area contributed by atoms with Gasteiger partial charge in [0, 0.05) is 34.5 Å². The number of hydrogen-bond donors (Lipinski definition) is 0. The predicted octanol–water partition coefficient (Wildman–Crippen LogP) is 27.1. The summed E-state index contributed by atoms with van der Waals surface area (Å²) in [5.41, 5.74) is 17.4. The molecule has 112 heavy (non-hydrogen) atoms. The first-order chi connectivity index (χ1) is 54.1. The summed E-state index contributed by atoms with van der Waals surface area (Å²) in [7, 11) is 0. The summed E-state index contributed by atoms with van der Waals surface area (Å²) < 4.78 is 123. The highest BCUT2D eigenvalue weighted by atomic mass is 19.2. The molecule has 3 unspecified atom stereocenters. The number of fused-ring (bicyclic) bond motifs is 10. The SMILES string of the molecule is C=Cc1ccc(Oc2ccc(C3(c4ccc(F)c(F)c4)c4ccccc4-c4ccc([C@H](Cc5ccc6c(c5)C5(CC6(C)C)CC(C)(C)c6ccc(N(c7ccc(F)c(F)c7)c7ccc8c(c7)C(c7ccc(Oc9ccc(C=C)cc9)cc7)(c7ccc(F)c(F)c7)c7ccccc7-8)cc65)c5ccc(F)c(C)c5)cc43)cc2)cc1. The monoisotopic (exact) mass is 1480 g/mol. The lowest BCUT2D eigenvalue weighted by molar-refractivity contribution is 0.349. The zero-order valence-electron chi connectivity index (χ0n) is 62.4. The number of benzene rings is 14. The molecule has 14 aromatic rings. The van der Waals surface area contributed by atoms with Gasteiger partial charge in [-0.15, -0.1) is 0 Å². The molecule has 0 saturated heterocycles. The van der Waals surface area contributed by atoms with Gasteiger partial charge in [0.25, 0.3) is 0 Å². The van der Waals surface area contributed by atoms with Gasteiger partial charge in [-0.2, -0.15) is 0 Å². The molecule has 1 spiro atoms. The summed E-state index contributed by atoms with van der Waals surface area (Å²) in [5.74, 6) is -4.27. The van der Waals surface area contributed by atoms with Crippen LogP contribution >= 0.6 is 0 Å². The van der Waals surface area contributed by atoms with Crippen LogP contribution in [0.4, 0.5) is 47.8 Å². The number of nitrogens with zero attached hydrogens (tertiary/aromatic N) is 1. The van der Waals surface area contributed by atoms with E-state index in [1.807, 2.05) is 163 Å². The van der Waals surface area contributed by atoms with Crippen molar-refractivity contribution in [3.63, 3.8) is 0 Å². The molecule has 4 aliphatic rings. The van der Waals surface area contributed by atoms with Crippen LogP contribution < -0.4 is 14.4 Å². The van der Waals surface area contributed by atoms with Gasteiger partial charge < -0.3 is 14.4 Å². The molecule has 0 radical (unpaired) electrons. The highest BCUT2D eigenvalue weighted by Crippen LogP contribution is 2.65. The zero-order valence-corrected chi connectivity index (χ0v) is 62.4. The molecule has 4 atom stereocenters. The highest BCUT2D eigenvalue weighted by molar-refractivity contribution is 5.91. The standard InChI is InChI=1S/C102H76F7NO2/c1-8-62-18-34-74(35-19-62)111-76-38-25-67(26-39-76)101(69-29-47-92(104)95(107)54-69)83-16-12-10-14-78(83)80-42-23-66(53-87(80)101)82(65-24-46-91(103)61(3)50-65)51-64-22-44-85-89(52-64)100(59-98(85,4)5)60-99(6,7)86-45-32-72(57-90(86)100)110(73-33-49-94(106)97(109)58-73)71-31-43-81-79-15-11-13-17-84(79)102(88(81)56-71,70-30-48-93(105)96(108)55-70)68-27-40-77(41-28-68)112-75-36-20-63(9-2)21-37-75/h8-50,52-58,82H,1-2,51,59-60H2,3-7H3/t82-,100?,101?,102?/m1/s1. The maximum Gasteiger partial charge on any atom is 0.160 e. The van der Waals surface area contributed by atoms with Gasteiger partial charge in [-0.3, -0.25) is 0 Å². The average Bonchev–Trinajstić information content (AvgIpc) is 1.56. The van der Waals surface area contributed by atoms with Crippen LogP contribution in [-0.2, 0) is 33.5 Å². The van der Waals surface area contributed by atoms with E-state index in [-0.39, 0.29) is 22.6 Å². The van der Waals surface area contributed by atoms with Crippen molar-refractivity contribution >= 4 is 29.2 Å². The third kappa shape index (κ3) is 11.4. The maximum absolute atomic E-state index is 16.3. The first-order valence-electron chi connectivity index (χ1n) is 37.8. The minimum atomic E-state index is -1.26. The van der Waals surface area contributed by atoms with E-state index in [9.17, 15) is 0 Å². The van der Waals surface area contributed by atoms with Crippen LogP contribution in [0, 0.1) is 47.6 Å². The fourth-order valence-corrected chi connectivity index (χ4v) is 19.4. The van der Waals surface area contributed by atoms with Crippen LogP contribution in [0.25, 0.3) is 34.4 Å². The normalized spacial score (nSPS) is 17.9. The van der Waals surface area contributed by atoms with Crippen molar-refractivity contribution in [1.29, 1.82) is 0 Å². The third-order valence-corrected chi connectivity index (χ3v) is 24.2. The summed E-state index contributed by atoms with van der Waals surface area (Å²) in [6.45, 7) is 18.8. The third-order valence-electron chi connectivity index (χ3n) is 24.2. The lowest BCUT2D eigenvalue weighted by Crippen LogP contribution is -2.29. The van der Waals surface area contributed by atoms with Crippen LogP contribution in [0.3, 0.4) is 0 Å². The minimum Gasteiger partial charge on any atom is -0.457 e. The van der Waals surface area contributed by atoms with Gasteiger partial charge in [-0.05, 0) is 275 Å². The number of aryl methyl sites for hydroxylation is 1. The topological polar surface area (TPSA) is 21.7 Å². The fraction of sp³-hybridized carbons (Fsp3) is 0.137. The van der Waals surface area contributed by atoms with Crippen LogP contribution in [0.5, 0.6) is 23.0 Å². The Labute approximate surface area is 647 Å². The second kappa shape index (κ2) is 26.9. The van der Waals surface area contributed by atoms with Crippen LogP contribution in [0.2, 0.25) is 0 Å². The summed E-state index contributed by atoms with van der Waals surface area (Å²) >= 11 is 0. The summed E-state index contributed by atoms with van der Waals surface area (Å²) in [6, 6.07) is 90.3. The van der Waals surface area contributed by atoms with Crippen molar-refractivity contribution in [1.82, 2.24) is 0 Å². The van der Waals surface area contributed by atoms with Gasteiger partial charge >= 0.3 is 0 Å². The quantitative estimate of drug-likeness (QED) is 0.0848. The lowest BCUT2D eigenvalue weighted by Gasteiger charge is -2.35. The number of halogens is 7. The van der Waals surface area contributed by atoms with Gasteiger partial charge in [0.2, 0.25) is 0 Å². The fourth-order valence-electron chi connectivity index (χ4n) is 19.4. The molecule has 0 aliphatic heterocycles. The number of rotatable bonds is 17. The minimum absolute atomic E-state index is 0.325. The van der Waals surface area contributed by atoms with E-state index in [0.717, 1.165) is 120 Å². The Hall–Kier alpha value is -12.5. The summed E-state index contributed by atoms with van der Waals surface area (Å²) in [6.07, 6.45) is 5.51. The Balaban J connectivity index is 0.771. The summed E-state index contributed by atoms with van der Waals surface area (Å²) in [4.78, 5) is 1.97. The van der Waals surface area contributed by atoms with E-state index >= 15 is 30.7 Å². The van der Waals surface area contributed by atoms with Crippen molar-refractivity contribution in [3.8, 4) is 45.3 Å².